The third-order valence-corrected chi connectivity index (χ3v) is 5.59. The van der Waals surface area contributed by atoms with Crippen molar-refractivity contribution in [1.29, 1.82) is 0 Å². The minimum atomic E-state index is -0.816. The number of nitro groups is 1. The van der Waals surface area contributed by atoms with E-state index < -0.39 is 35.0 Å². The quantitative estimate of drug-likeness (QED) is 0.287. The summed E-state index contributed by atoms with van der Waals surface area (Å²) >= 11 is 0. The van der Waals surface area contributed by atoms with Crippen LogP contribution in [0.3, 0.4) is 0 Å². The zero-order valence-corrected chi connectivity index (χ0v) is 16.7. The van der Waals surface area contributed by atoms with Crippen LogP contribution in [0.15, 0.2) is 18.2 Å². The van der Waals surface area contributed by atoms with Gasteiger partial charge in [0.15, 0.2) is 6.61 Å². The second-order valence-corrected chi connectivity index (χ2v) is 7.43. The van der Waals surface area contributed by atoms with Crippen molar-refractivity contribution >= 4 is 29.4 Å². The summed E-state index contributed by atoms with van der Waals surface area (Å²) in [5, 5.41) is 11.1. The van der Waals surface area contributed by atoms with E-state index in [1.807, 2.05) is 0 Å². The van der Waals surface area contributed by atoms with Gasteiger partial charge in [-0.1, -0.05) is 25.3 Å². The van der Waals surface area contributed by atoms with E-state index in [1.54, 1.807) is 11.9 Å². The van der Waals surface area contributed by atoms with Gasteiger partial charge in [0.2, 0.25) is 0 Å². The lowest BCUT2D eigenvalue weighted by atomic mass is 9.94. The predicted molar refractivity (Wildman–Crippen MR) is 104 cm³/mol. The second-order valence-electron chi connectivity index (χ2n) is 7.43. The molecule has 0 radical (unpaired) electrons. The van der Waals surface area contributed by atoms with Gasteiger partial charge in [0, 0.05) is 25.7 Å². The summed E-state index contributed by atoms with van der Waals surface area (Å²) in [6.45, 7) is -0.686. The van der Waals surface area contributed by atoms with Crippen LogP contribution < -0.4 is 0 Å². The molecule has 160 valence electrons. The Morgan fingerprint density at radius 3 is 2.57 bits per heavy atom. The number of nitrogens with zero attached hydrogens (tertiary/aromatic N) is 3. The number of likely N-dealkylation sites (N-methyl/N-ethyl adjacent to an activating group) is 1. The molecule has 10 heteroatoms. The number of hydrogen-bond acceptors (Lipinski definition) is 7. The number of amides is 3. The number of ether oxygens (including phenoxy) is 1. The van der Waals surface area contributed by atoms with Crippen molar-refractivity contribution in [2.24, 2.45) is 0 Å². The fourth-order valence-corrected chi connectivity index (χ4v) is 3.86. The van der Waals surface area contributed by atoms with Crippen molar-refractivity contribution in [3.8, 4) is 0 Å². The first-order chi connectivity index (χ1) is 14.3. The van der Waals surface area contributed by atoms with Crippen LogP contribution >= 0.6 is 0 Å². The van der Waals surface area contributed by atoms with Crippen molar-refractivity contribution in [3.05, 3.63) is 39.4 Å². The molecule has 0 atom stereocenters. The fourth-order valence-electron chi connectivity index (χ4n) is 3.86. The van der Waals surface area contributed by atoms with Crippen LogP contribution in [0.5, 0.6) is 0 Å². The lowest BCUT2D eigenvalue weighted by Gasteiger charge is -2.31. The highest BCUT2D eigenvalue weighted by atomic mass is 16.6. The summed E-state index contributed by atoms with van der Waals surface area (Å²) in [7, 11) is 1.69. The number of benzene rings is 1. The van der Waals surface area contributed by atoms with E-state index in [0.29, 0.717) is 0 Å². The molecule has 0 N–H and O–H groups in total. The molecule has 1 fully saturated rings. The number of carbonyl (C=O) groups excluding carboxylic acids is 4. The van der Waals surface area contributed by atoms with Crippen LogP contribution in [-0.4, -0.2) is 64.7 Å². The van der Waals surface area contributed by atoms with Gasteiger partial charge in [-0.05, 0) is 18.9 Å². The summed E-state index contributed by atoms with van der Waals surface area (Å²) in [5.74, 6) is -2.54. The van der Waals surface area contributed by atoms with E-state index >= 15 is 0 Å². The number of imide groups is 1. The van der Waals surface area contributed by atoms with E-state index in [2.05, 4.69) is 0 Å². The predicted octanol–water partition coefficient (Wildman–Crippen LogP) is 1.92. The topological polar surface area (TPSA) is 127 Å². The van der Waals surface area contributed by atoms with E-state index in [4.69, 9.17) is 4.74 Å². The van der Waals surface area contributed by atoms with Crippen LogP contribution in [0.25, 0.3) is 0 Å². The average Bonchev–Trinajstić information content (AvgIpc) is 3.00. The first-order valence-electron chi connectivity index (χ1n) is 9.86. The number of esters is 1. The molecule has 0 saturated heterocycles. The van der Waals surface area contributed by atoms with Crippen molar-refractivity contribution in [2.45, 2.75) is 44.6 Å². The number of carbonyl (C=O) groups is 4. The van der Waals surface area contributed by atoms with Gasteiger partial charge in [0.05, 0.1) is 16.9 Å². The van der Waals surface area contributed by atoms with Gasteiger partial charge in [-0.15, -0.1) is 0 Å². The second kappa shape index (κ2) is 9.02. The molecule has 30 heavy (non-hydrogen) atoms. The van der Waals surface area contributed by atoms with Gasteiger partial charge >= 0.3 is 5.97 Å². The minimum absolute atomic E-state index is 0.0631. The van der Waals surface area contributed by atoms with Crippen LogP contribution in [-0.2, 0) is 14.3 Å². The highest BCUT2D eigenvalue weighted by Gasteiger charge is 2.40. The number of nitro benzene ring substituents is 1. The van der Waals surface area contributed by atoms with Crippen LogP contribution in [0.4, 0.5) is 5.69 Å². The van der Waals surface area contributed by atoms with Crippen LogP contribution in [0.1, 0.15) is 59.2 Å². The summed E-state index contributed by atoms with van der Waals surface area (Å²) in [4.78, 5) is 61.9. The maximum absolute atomic E-state index is 12.5. The molecule has 2 aliphatic rings. The molecule has 0 bridgehead atoms. The first kappa shape index (κ1) is 21.4. The molecule has 0 unspecified atom stereocenters. The number of fused-ring (bicyclic) bond motifs is 1. The monoisotopic (exact) mass is 417 g/mol. The SMILES string of the molecule is CN(C(=O)COC(=O)CCN1C(=O)c2cccc([N+](=O)[O-])c2C1=O)C1CCCCC1. The van der Waals surface area contributed by atoms with Gasteiger partial charge < -0.3 is 9.64 Å². The van der Waals surface area contributed by atoms with Crippen LogP contribution in [0.2, 0.25) is 0 Å². The van der Waals surface area contributed by atoms with Crippen molar-refractivity contribution < 1.29 is 28.8 Å². The summed E-state index contributed by atoms with van der Waals surface area (Å²) < 4.78 is 5.00. The third kappa shape index (κ3) is 4.32. The molecule has 1 aliphatic carbocycles. The molecular formula is C20H23N3O7. The summed E-state index contributed by atoms with van der Waals surface area (Å²) in [6.07, 6.45) is 4.86. The van der Waals surface area contributed by atoms with E-state index in [0.717, 1.165) is 43.1 Å². The third-order valence-electron chi connectivity index (χ3n) is 5.59. The zero-order chi connectivity index (χ0) is 21.8. The largest absolute Gasteiger partial charge is 0.456 e. The van der Waals surface area contributed by atoms with E-state index in [1.165, 1.54) is 12.1 Å². The molecular weight excluding hydrogens is 394 g/mol. The standard InChI is InChI=1S/C20H23N3O7/c1-21(13-6-3-2-4-7-13)16(24)12-30-17(25)10-11-22-19(26)14-8-5-9-15(23(28)29)18(14)20(22)27/h5,8-9,13H,2-4,6-7,10-12H2,1H3. The number of rotatable bonds is 7. The Morgan fingerprint density at radius 1 is 1.20 bits per heavy atom. The van der Waals surface area contributed by atoms with Gasteiger partial charge in [-0.25, -0.2) is 0 Å². The molecule has 1 aromatic rings. The Morgan fingerprint density at radius 2 is 1.90 bits per heavy atom. The summed E-state index contributed by atoms with van der Waals surface area (Å²) in [5.41, 5.74) is -0.788. The lowest BCUT2D eigenvalue weighted by Crippen LogP contribution is -2.40. The van der Waals surface area contributed by atoms with Gasteiger partial charge in [0.25, 0.3) is 23.4 Å². The number of hydrogen-bond donors (Lipinski definition) is 0. The maximum Gasteiger partial charge on any atom is 0.308 e. The van der Waals surface area contributed by atoms with Crippen molar-refractivity contribution in [1.82, 2.24) is 9.80 Å². The normalized spacial score (nSPS) is 16.4. The minimum Gasteiger partial charge on any atom is -0.456 e. The maximum atomic E-state index is 12.5. The van der Waals surface area contributed by atoms with Gasteiger partial charge in [-0.2, -0.15) is 0 Å². The highest BCUT2D eigenvalue weighted by Crippen LogP contribution is 2.30. The van der Waals surface area contributed by atoms with Gasteiger partial charge in [0.1, 0.15) is 5.56 Å². The molecule has 1 saturated carbocycles. The Bertz CT molecular complexity index is 892. The van der Waals surface area contributed by atoms with Crippen LogP contribution in [0, 0.1) is 10.1 Å². The lowest BCUT2D eigenvalue weighted by molar-refractivity contribution is -0.385. The molecule has 1 aromatic carbocycles. The molecule has 1 aliphatic heterocycles. The molecule has 3 rings (SSSR count). The molecule has 10 nitrogen and oxygen atoms in total. The zero-order valence-electron chi connectivity index (χ0n) is 16.7. The Hall–Kier alpha value is -3.30. The Kier molecular flexibility index (Phi) is 6.43. The van der Waals surface area contributed by atoms with E-state index in [-0.39, 0.29) is 36.0 Å². The van der Waals surface area contributed by atoms with E-state index in [9.17, 15) is 29.3 Å². The Balaban J connectivity index is 1.52. The first-order valence-corrected chi connectivity index (χ1v) is 9.86. The van der Waals surface area contributed by atoms with Gasteiger partial charge in [-0.3, -0.25) is 34.2 Å². The smallest absolute Gasteiger partial charge is 0.308 e. The average molecular weight is 417 g/mol. The molecule has 1 heterocycles. The van der Waals surface area contributed by atoms with Crippen molar-refractivity contribution in [3.63, 3.8) is 0 Å². The highest BCUT2D eigenvalue weighted by molar-refractivity contribution is 6.23. The molecule has 3 amide bonds. The molecule has 0 aromatic heterocycles. The van der Waals surface area contributed by atoms with Crippen molar-refractivity contribution in [2.75, 3.05) is 20.2 Å². The summed E-state index contributed by atoms with van der Waals surface area (Å²) in [6, 6.07) is 3.96. The molecule has 0 spiro atoms. The fraction of sp³-hybridized carbons (Fsp3) is 0.500. The Labute approximate surface area is 172 Å².